The smallest absolute Gasteiger partial charge is 0.355 e. The molecule has 2 aromatic carbocycles. The number of esters is 1. The first-order valence-corrected chi connectivity index (χ1v) is 8.42. The van der Waals surface area contributed by atoms with E-state index < -0.39 is 41.6 Å². The number of nitrogens with zero attached hydrogens (tertiary/aromatic N) is 2. The van der Waals surface area contributed by atoms with Crippen molar-refractivity contribution in [2.24, 2.45) is 5.10 Å². The monoisotopic (exact) mass is 405 g/mol. The summed E-state index contributed by atoms with van der Waals surface area (Å²) in [6.07, 6.45) is 0.0511. The Bertz CT molecular complexity index is 996. The van der Waals surface area contributed by atoms with E-state index in [-0.39, 0.29) is 24.5 Å². The van der Waals surface area contributed by atoms with Gasteiger partial charge in [-0.05, 0) is 24.3 Å². The van der Waals surface area contributed by atoms with E-state index in [1.165, 1.54) is 0 Å². The second-order valence-electron chi connectivity index (χ2n) is 5.94. The maximum absolute atomic E-state index is 13.6. The molecule has 29 heavy (non-hydrogen) atoms. The van der Waals surface area contributed by atoms with Crippen molar-refractivity contribution in [3.8, 4) is 0 Å². The zero-order valence-corrected chi connectivity index (χ0v) is 14.8. The van der Waals surface area contributed by atoms with E-state index in [1.54, 1.807) is 30.3 Å². The lowest BCUT2D eigenvalue weighted by molar-refractivity contribution is -0.140. The van der Waals surface area contributed by atoms with Gasteiger partial charge in [0.2, 0.25) is 5.91 Å². The van der Waals surface area contributed by atoms with Crippen molar-refractivity contribution in [3.63, 3.8) is 0 Å². The Labute approximate surface area is 162 Å². The zero-order valence-electron chi connectivity index (χ0n) is 14.8. The number of anilines is 2. The number of para-hydroxylation sites is 1. The highest BCUT2D eigenvalue weighted by atomic mass is 19.2. The van der Waals surface area contributed by atoms with Crippen LogP contribution in [0.2, 0.25) is 0 Å². The van der Waals surface area contributed by atoms with Gasteiger partial charge in [0.15, 0.2) is 24.1 Å². The third-order valence-corrected chi connectivity index (χ3v) is 3.91. The Morgan fingerprint density at radius 2 is 1.76 bits per heavy atom. The fraction of sp³-hybridized carbons (Fsp3) is 0.158. The maximum Gasteiger partial charge on any atom is 0.355 e. The summed E-state index contributed by atoms with van der Waals surface area (Å²) in [4.78, 5) is 36.0. The van der Waals surface area contributed by atoms with Crippen LogP contribution in [0.4, 0.5) is 24.5 Å². The van der Waals surface area contributed by atoms with E-state index in [2.05, 4.69) is 5.10 Å². The number of benzene rings is 2. The molecule has 0 unspecified atom stereocenters. The number of carbonyl (C=O) groups excluding carboxylic acids is 3. The molecule has 1 aliphatic heterocycles. The molecule has 0 spiro atoms. The molecule has 0 fully saturated rings. The highest BCUT2D eigenvalue weighted by Gasteiger charge is 2.27. The van der Waals surface area contributed by atoms with E-state index in [0.29, 0.717) is 11.8 Å². The number of ether oxygens (including phenoxy) is 1. The highest BCUT2D eigenvalue weighted by molar-refractivity contribution is 6.38. The van der Waals surface area contributed by atoms with Crippen molar-refractivity contribution >= 4 is 34.9 Å². The minimum Gasteiger partial charge on any atom is -0.451 e. The molecule has 2 aromatic rings. The van der Waals surface area contributed by atoms with Crippen LogP contribution in [0.25, 0.3) is 0 Å². The maximum atomic E-state index is 13.6. The van der Waals surface area contributed by atoms with Crippen LogP contribution in [-0.4, -0.2) is 30.1 Å². The molecule has 0 aromatic heterocycles. The van der Waals surface area contributed by atoms with Gasteiger partial charge in [0.1, 0.15) is 5.71 Å². The molecule has 150 valence electrons. The summed E-state index contributed by atoms with van der Waals surface area (Å²) in [5.74, 6) is -6.91. The lowest BCUT2D eigenvalue weighted by Gasteiger charge is -2.22. The van der Waals surface area contributed by atoms with E-state index >= 15 is 0 Å². The molecule has 0 saturated carbocycles. The van der Waals surface area contributed by atoms with Gasteiger partial charge in [-0.25, -0.2) is 23.0 Å². The van der Waals surface area contributed by atoms with Crippen LogP contribution in [0, 0.1) is 17.5 Å². The predicted octanol–water partition coefficient (Wildman–Crippen LogP) is 2.77. The number of hydrogen-bond donors (Lipinski definition) is 1. The van der Waals surface area contributed by atoms with Gasteiger partial charge < -0.3 is 10.1 Å². The van der Waals surface area contributed by atoms with Crippen LogP contribution in [0.15, 0.2) is 47.6 Å². The van der Waals surface area contributed by atoms with Gasteiger partial charge in [-0.15, -0.1) is 0 Å². The Morgan fingerprint density at radius 1 is 1.03 bits per heavy atom. The molecule has 7 nitrogen and oxygen atoms in total. The van der Waals surface area contributed by atoms with Crippen LogP contribution in [-0.2, 0) is 19.1 Å². The van der Waals surface area contributed by atoms with Gasteiger partial charge in [0.05, 0.1) is 11.4 Å². The number of rotatable bonds is 5. The number of hydrogen-bond acceptors (Lipinski definition) is 5. The normalized spacial score (nSPS) is 13.7. The molecule has 2 amide bonds. The third-order valence-electron chi connectivity index (χ3n) is 3.91. The standard InChI is InChI=1S/C19H14F3N3O4/c20-12-6-7-13(18(22)17(12)21)23-15(26)10-29-19(28)14-8-9-16(27)25(24-14)11-4-2-1-3-5-11/h1-7H,8-10H2,(H,23,26). The summed E-state index contributed by atoms with van der Waals surface area (Å²) in [7, 11) is 0. The van der Waals surface area contributed by atoms with Crippen molar-refractivity contribution in [2.75, 3.05) is 16.9 Å². The van der Waals surface area contributed by atoms with Crippen molar-refractivity contribution < 1.29 is 32.3 Å². The van der Waals surface area contributed by atoms with Gasteiger partial charge in [-0.1, -0.05) is 18.2 Å². The number of amides is 2. The Morgan fingerprint density at radius 3 is 2.48 bits per heavy atom. The first-order chi connectivity index (χ1) is 13.9. The van der Waals surface area contributed by atoms with Gasteiger partial charge >= 0.3 is 5.97 Å². The van der Waals surface area contributed by atoms with Gasteiger partial charge in [0.25, 0.3) is 5.91 Å². The summed E-state index contributed by atoms with van der Waals surface area (Å²) in [6, 6.07) is 9.91. The van der Waals surface area contributed by atoms with Crippen LogP contribution in [0.1, 0.15) is 12.8 Å². The molecule has 0 radical (unpaired) electrons. The van der Waals surface area contributed by atoms with Gasteiger partial charge in [0, 0.05) is 12.8 Å². The largest absolute Gasteiger partial charge is 0.451 e. The molecule has 10 heteroatoms. The van der Waals surface area contributed by atoms with Crippen molar-refractivity contribution in [2.45, 2.75) is 12.8 Å². The van der Waals surface area contributed by atoms with Crippen LogP contribution < -0.4 is 10.3 Å². The van der Waals surface area contributed by atoms with Crippen LogP contribution in [0.5, 0.6) is 0 Å². The third kappa shape index (κ3) is 4.60. The van der Waals surface area contributed by atoms with E-state index in [4.69, 9.17) is 4.74 Å². The lowest BCUT2D eigenvalue weighted by Crippen LogP contribution is -2.35. The summed E-state index contributed by atoms with van der Waals surface area (Å²) in [5, 5.41) is 7.02. The van der Waals surface area contributed by atoms with Crippen molar-refractivity contribution in [1.29, 1.82) is 0 Å². The SMILES string of the molecule is O=C(COC(=O)C1=NN(c2ccccc2)C(=O)CC1)Nc1ccc(F)c(F)c1F. The van der Waals surface area contributed by atoms with E-state index in [9.17, 15) is 27.6 Å². The number of carbonyl (C=O) groups is 3. The molecule has 0 atom stereocenters. The average molecular weight is 405 g/mol. The van der Waals surface area contributed by atoms with E-state index in [0.717, 1.165) is 11.1 Å². The van der Waals surface area contributed by atoms with Gasteiger partial charge in [-0.3, -0.25) is 9.59 Å². The first-order valence-electron chi connectivity index (χ1n) is 8.42. The summed E-state index contributed by atoms with van der Waals surface area (Å²) in [5.41, 5.74) is -0.199. The van der Waals surface area contributed by atoms with Crippen LogP contribution in [0.3, 0.4) is 0 Å². The highest BCUT2D eigenvalue weighted by Crippen LogP contribution is 2.21. The fourth-order valence-corrected chi connectivity index (χ4v) is 2.49. The number of halogens is 3. The van der Waals surface area contributed by atoms with Crippen molar-refractivity contribution in [1.82, 2.24) is 0 Å². The summed E-state index contributed by atoms with van der Waals surface area (Å²) >= 11 is 0. The molecule has 1 heterocycles. The van der Waals surface area contributed by atoms with E-state index in [1.807, 2.05) is 5.32 Å². The lowest BCUT2D eigenvalue weighted by atomic mass is 10.1. The topological polar surface area (TPSA) is 88.1 Å². The van der Waals surface area contributed by atoms with Crippen molar-refractivity contribution in [3.05, 3.63) is 59.9 Å². The number of nitrogens with one attached hydrogen (secondary N) is 1. The first kappa shape index (κ1) is 20.1. The fourth-order valence-electron chi connectivity index (χ4n) is 2.49. The molecule has 0 bridgehead atoms. The van der Waals surface area contributed by atoms with Gasteiger partial charge in [-0.2, -0.15) is 5.10 Å². The molecule has 1 N–H and O–H groups in total. The number of hydrazone groups is 1. The molecular weight excluding hydrogens is 391 g/mol. The van der Waals surface area contributed by atoms with Crippen LogP contribution >= 0.6 is 0 Å². The minimum atomic E-state index is -1.73. The molecule has 0 aliphatic carbocycles. The summed E-state index contributed by atoms with van der Waals surface area (Å²) in [6.45, 7) is -0.810. The Balaban J connectivity index is 1.62. The molecule has 0 saturated heterocycles. The Kier molecular flexibility index (Phi) is 5.91. The minimum absolute atomic E-state index is 0.0229. The Hall–Kier alpha value is -3.69. The zero-order chi connectivity index (χ0) is 21.0. The summed E-state index contributed by atoms with van der Waals surface area (Å²) < 4.78 is 44.5. The second-order valence-corrected chi connectivity index (χ2v) is 5.94. The predicted molar refractivity (Wildman–Crippen MR) is 96.5 cm³/mol. The quantitative estimate of drug-likeness (QED) is 0.612. The average Bonchev–Trinajstić information content (AvgIpc) is 2.73. The molecule has 1 aliphatic rings. The second kappa shape index (κ2) is 8.55. The molecular formula is C19H14F3N3O4. The molecule has 3 rings (SSSR count).